The zero-order chi connectivity index (χ0) is 21.8. The number of nitrogens with zero attached hydrogens (tertiary/aromatic N) is 2. The number of para-hydroxylation sites is 2. The van der Waals surface area contributed by atoms with Crippen molar-refractivity contribution in [3.63, 3.8) is 0 Å². The van der Waals surface area contributed by atoms with Crippen molar-refractivity contribution in [2.24, 2.45) is 0 Å². The molecule has 2 aromatic heterocycles. The summed E-state index contributed by atoms with van der Waals surface area (Å²) in [6.07, 6.45) is 1.45. The molecular formula is C24H24N4O3. The van der Waals surface area contributed by atoms with E-state index in [1.54, 1.807) is 12.1 Å². The van der Waals surface area contributed by atoms with Crippen molar-refractivity contribution in [1.29, 1.82) is 0 Å². The minimum atomic E-state index is -0.427. The van der Waals surface area contributed by atoms with E-state index in [9.17, 15) is 9.59 Å². The molecular weight excluding hydrogens is 392 g/mol. The third kappa shape index (κ3) is 4.50. The number of rotatable bonds is 7. The SMILES string of the molecule is CC(NC(=O)Cn1c(C(C)NC(=O)c2ccco2)nc2ccccc21)c1ccccc1. The lowest BCUT2D eigenvalue weighted by Gasteiger charge is -2.18. The van der Waals surface area contributed by atoms with Crippen molar-refractivity contribution in [1.82, 2.24) is 20.2 Å². The number of imidazole rings is 1. The Morgan fingerprint density at radius 1 is 0.935 bits per heavy atom. The lowest BCUT2D eigenvalue weighted by molar-refractivity contribution is -0.122. The summed E-state index contributed by atoms with van der Waals surface area (Å²) in [7, 11) is 0. The Labute approximate surface area is 180 Å². The topological polar surface area (TPSA) is 89.2 Å². The van der Waals surface area contributed by atoms with Gasteiger partial charge in [0.2, 0.25) is 5.91 Å². The Balaban J connectivity index is 1.56. The van der Waals surface area contributed by atoms with Gasteiger partial charge in [0, 0.05) is 0 Å². The highest BCUT2D eigenvalue weighted by Crippen LogP contribution is 2.21. The molecule has 7 heteroatoms. The normalized spacial score (nSPS) is 13.0. The van der Waals surface area contributed by atoms with Gasteiger partial charge in [0.05, 0.1) is 29.4 Å². The van der Waals surface area contributed by atoms with E-state index in [1.807, 2.05) is 73.0 Å². The van der Waals surface area contributed by atoms with Gasteiger partial charge in [-0.1, -0.05) is 42.5 Å². The van der Waals surface area contributed by atoms with Crippen LogP contribution in [-0.2, 0) is 11.3 Å². The van der Waals surface area contributed by atoms with E-state index in [-0.39, 0.29) is 30.2 Å². The number of furan rings is 1. The minimum absolute atomic E-state index is 0.0913. The molecule has 31 heavy (non-hydrogen) atoms. The number of hydrogen-bond acceptors (Lipinski definition) is 4. The van der Waals surface area contributed by atoms with E-state index in [0.717, 1.165) is 16.6 Å². The Morgan fingerprint density at radius 2 is 1.68 bits per heavy atom. The molecule has 158 valence electrons. The molecule has 2 unspecified atom stereocenters. The fourth-order valence-electron chi connectivity index (χ4n) is 3.59. The maximum atomic E-state index is 12.9. The van der Waals surface area contributed by atoms with Gasteiger partial charge in [-0.25, -0.2) is 4.98 Å². The van der Waals surface area contributed by atoms with Gasteiger partial charge in [0.25, 0.3) is 5.91 Å². The third-order valence-corrected chi connectivity index (χ3v) is 5.14. The highest BCUT2D eigenvalue weighted by molar-refractivity contribution is 5.91. The highest BCUT2D eigenvalue weighted by atomic mass is 16.3. The van der Waals surface area contributed by atoms with Crippen molar-refractivity contribution >= 4 is 22.8 Å². The van der Waals surface area contributed by atoms with Crippen LogP contribution in [0.1, 0.15) is 47.9 Å². The predicted molar refractivity (Wildman–Crippen MR) is 117 cm³/mol. The predicted octanol–water partition coefficient (Wildman–Crippen LogP) is 4.00. The van der Waals surface area contributed by atoms with Crippen LogP contribution in [0.5, 0.6) is 0 Å². The van der Waals surface area contributed by atoms with Crippen LogP contribution in [0.25, 0.3) is 11.0 Å². The van der Waals surface area contributed by atoms with Gasteiger partial charge in [-0.3, -0.25) is 9.59 Å². The Bertz CT molecular complexity index is 1180. The molecule has 0 aliphatic carbocycles. The number of amides is 2. The van der Waals surface area contributed by atoms with Gasteiger partial charge in [0.15, 0.2) is 5.76 Å². The molecule has 4 aromatic rings. The van der Waals surface area contributed by atoms with Crippen molar-refractivity contribution in [3.8, 4) is 0 Å². The lowest BCUT2D eigenvalue weighted by Crippen LogP contribution is -2.33. The van der Waals surface area contributed by atoms with E-state index < -0.39 is 6.04 Å². The number of carbonyl (C=O) groups is 2. The zero-order valence-corrected chi connectivity index (χ0v) is 17.4. The summed E-state index contributed by atoms with van der Waals surface area (Å²) >= 11 is 0. The Morgan fingerprint density at radius 3 is 2.42 bits per heavy atom. The second-order valence-electron chi connectivity index (χ2n) is 7.42. The fourth-order valence-corrected chi connectivity index (χ4v) is 3.59. The minimum Gasteiger partial charge on any atom is -0.459 e. The molecule has 0 bridgehead atoms. The quantitative estimate of drug-likeness (QED) is 0.477. The van der Waals surface area contributed by atoms with Gasteiger partial charge < -0.3 is 19.6 Å². The molecule has 2 amide bonds. The molecule has 2 N–H and O–H groups in total. The van der Waals surface area contributed by atoms with E-state index in [2.05, 4.69) is 15.6 Å². The maximum Gasteiger partial charge on any atom is 0.287 e. The van der Waals surface area contributed by atoms with E-state index in [4.69, 9.17) is 4.42 Å². The maximum absolute atomic E-state index is 12.9. The summed E-state index contributed by atoms with van der Waals surface area (Å²) in [5, 5.41) is 5.93. The number of benzene rings is 2. The summed E-state index contributed by atoms with van der Waals surface area (Å²) in [6.45, 7) is 3.88. The van der Waals surface area contributed by atoms with E-state index in [1.165, 1.54) is 6.26 Å². The molecule has 0 saturated carbocycles. The number of aromatic nitrogens is 2. The van der Waals surface area contributed by atoms with Gasteiger partial charge >= 0.3 is 0 Å². The number of carbonyl (C=O) groups excluding carboxylic acids is 2. The molecule has 2 aromatic carbocycles. The summed E-state index contributed by atoms with van der Waals surface area (Å²) in [6, 6.07) is 20.1. The highest BCUT2D eigenvalue weighted by Gasteiger charge is 2.22. The zero-order valence-electron chi connectivity index (χ0n) is 17.4. The van der Waals surface area contributed by atoms with Crippen LogP contribution < -0.4 is 10.6 Å². The standard InChI is InChI=1S/C24H24N4O3/c1-16(18-9-4-3-5-10-18)25-22(29)15-28-20-12-7-6-11-19(20)27-23(28)17(2)26-24(30)21-13-8-14-31-21/h3-14,16-17H,15H2,1-2H3,(H,25,29)(H,26,30). The van der Waals surface area contributed by atoms with Crippen LogP contribution in [0.15, 0.2) is 77.4 Å². The molecule has 0 spiro atoms. The average molecular weight is 416 g/mol. The van der Waals surface area contributed by atoms with Crippen molar-refractivity contribution in [3.05, 3.63) is 90.1 Å². The molecule has 0 radical (unpaired) electrons. The van der Waals surface area contributed by atoms with Crippen molar-refractivity contribution < 1.29 is 14.0 Å². The molecule has 4 rings (SSSR count). The summed E-state index contributed by atoms with van der Waals surface area (Å²) in [5.74, 6) is 0.358. The molecule has 0 fully saturated rings. The van der Waals surface area contributed by atoms with Gasteiger partial charge in [-0.15, -0.1) is 0 Å². The monoisotopic (exact) mass is 416 g/mol. The largest absolute Gasteiger partial charge is 0.459 e. The van der Waals surface area contributed by atoms with Crippen LogP contribution in [0.3, 0.4) is 0 Å². The third-order valence-electron chi connectivity index (χ3n) is 5.14. The summed E-state index contributed by atoms with van der Waals surface area (Å²) in [4.78, 5) is 30.0. The number of hydrogen-bond donors (Lipinski definition) is 2. The summed E-state index contributed by atoms with van der Waals surface area (Å²) in [5.41, 5.74) is 2.63. The molecule has 2 heterocycles. The van der Waals surface area contributed by atoms with Crippen LogP contribution in [0.4, 0.5) is 0 Å². The van der Waals surface area contributed by atoms with Crippen molar-refractivity contribution in [2.45, 2.75) is 32.5 Å². The Kier molecular flexibility index (Phi) is 5.84. The van der Waals surface area contributed by atoms with Crippen LogP contribution in [0, 0.1) is 0 Å². The first-order valence-electron chi connectivity index (χ1n) is 10.2. The first kappa shape index (κ1) is 20.4. The van der Waals surface area contributed by atoms with Gasteiger partial charge in [-0.05, 0) is 43.7 Å². The number of nitrogens with one attached hydrogen (secondary N) is 2. The number of fused-ring (bicyclic) bond motifs is 1. The summed E-state index contributed by atoms with van der Waals surface area (Å²) < 4.78 is 7.01. The second-order valence-corrected chi connectivity index (χ2v) is 7.42. The van der Waals surface area contributed by atoms with Crippen LogP contribution in [0.2, 0.25) is 0 Å². The van der Waals surface area contributed by atoms with Crippen LogP contribution in [-0.4, -0.2) is 21.4 Å². The molecule has 2 atom stereocenters. The first-order chi connectivity index (χ1) is 15.0. The molecule has 0 aliphatic heterocycles. The molecule has 0 saturated heterocycles. The average Bonchev–Trinajstić information content (AvgIpc) is 3.43. The fraction of sp³-hybridized carbons (Fsp3) is 0.208. The van der Waals surface area contributed by atoms with Crippen LogP contribution >= 0.6 is 0 Å². The smallest absolute Gasteiger partial charge is 0.287 e. The lowest BCUT2D eigenvalue weighted by atomic mass is 10.1. The second kappa shape index (κ2) is 8.87. The molecule has 0 aliphatic rings. The van der Waals surface area contributed by atoms with E-state index >= 15 is 0 Å². The van der Waals surface area contributed by atoms with E-state index in [0.29, 0.717) is 5.82 Å². The van der Waals surface area contributed by atoms with Crippen molar-refractivity contribution in [2.75, 3.05) is 0 Å². The molecule has 7 nitrogen and oxygen atoms in total. The van der Waals surface area contributed by atoms with Gasteiger partial charge in [0.1, 0.15) is 12.4 Å². The Hall–Kier alpha value is -3.87. The first-order valence-corrected chi connectivity index (χ1v) is 10.2. The van der Waals surface area contributed by atoms with Gasteiger partial charge in [-0.2, -0.15) is 0 Å².